The van der Waals surface area contributed by atoms with Gasteiger partial charge in [-0.05, 0) is 97.4 Å². The minimum Gasteiger partial charge on any atom is -0.355 e. The predicted octanol–water partition coefficient (Wildman–Crippen LogP) is 7.14. The van der Waals surface area contributed by atoms with Crippen LogP contribution in [0.1, 0.15) is 49.1 Å². The number of nitrogens with one attached hydrogen (secondary N) is 1. The number of benzene rings is 2. The van der Waals surface area contributed by atoms with Gasteiger partial charge in [0.2, 0.25) is 0 Å². The Labute approximate surface area is 173 Å². The molecule has 5 rings (SSSR count). The third-order valence-corrected chi connectivity index (χ3v) is 6.64. The summed E-state index contributed by atoms with van der Waals surface area (Å²) in [5.74, 6) is 1.58. The average Bonchev–Trinajstić information content (AvgIpc) is 3.23. The van der Waals surface area contributed by atoms with Crippen LogP contribution in [0.2, 0.25) is 0 Å². The van der Waals surface area contributed by atoms with E-state index < -0.39 is 0 Å². The molecule has 0 bridgehead atoms. The molecule has 0 atom stereocenters. The molecule has 0 saturated heterocycles. The summed E-state index contributed by atoms with van der Waals surface area (Å²) in [5.41, 5.74) is 6.67. The van der Waals surface area contributed by atoms with E-state index >= 15 is 0 Å². The van der Waals surface area contributed by atoms with Crippen LogP contribution in [-0.4, -0.2) is 9.97 Å². The second kappa shape index (κ2) is 8.24. The maximum atomic E-state index is 4.12. The van der Waals surface area contributed by atoms with Crippen molar-refractivity contribution in [1.29, 1.82) is 0 Å². The van der Waals surface area contributed by atoms with Crippen LogP contribution in [0, 0.1) is 5.92 Å². The second-order valence-electron chi connectivity index (χ2n) is 8.51. The standard InChI is InChI=1S/C27H28N2/c1-2-7-26-25(4-1)19-27(29-26)24-6-3-5-23(18-24)22-12-10-20(11-13-22)8-9-21-14-16-28-17-15-21/h1-7,14-20,22,29H,8-13H2. The highest BCUT2D eigenvalue weighted by atomic mass is 14.7. The van der Waals surface area contributed by atoms with Gasteiger partial charge < -0.3 is 4.98 Å². The average molecular weight is 381 g/mol. The highest BCUT2D eigenvalue weighted by Crippen LogP contribution is 2.38. The summed E-state index contributed by atoms with van der Waals surface area (Å²) in [6.45, 7) is 0. The van der Waals surface area contributed by atoms with Crippen molar-refractivity contribution in [2.75, 3.05) is 0 Å². The van der Waals surface area contributed by atoms with Crippen LogP contribution in [0.25, 0.3) is 22.2 Å². The number of rotatable bonds is 5. The van der Waals surface area contributed by atoms with E-state index in [0.29, 0.717) is 5.92 Å². The van der Waals surface area contributed by atoms with Gasteiger partial charge in [0, 0.05) is 29.0 Å². The molecule has 0 radical (unpaired) electrons. The Balaban J connectivity index is 1.23. The lowest BCUT2D eigenvalue weighted by atomic mass is 9.76. The Hall–Kier alpha value is -2.87. The van der Waals surface area contributed by atoms with Crippen molar-refractivity contribution < 1.29 is 0 Å². The van der Waals surface area contributed by atoms with Gasteiger partial charge in [0.05, 0.1) is 0 Å². The van der Waals surface area contributed by atoms with Crippen molar-refractivity contribution in [1.82, 2.24) is 9.97 Å². The number of hydrogen-bond donors (Lipinski definition) is 1. The van der Waals surface area contributed by atoms with E-state index in [1.807, 2.05) is 12.4 Å². The maximum Gasteiger partial charge on any atom is 0.0464 e. The molecule has 1 fully saturated rings. The summed E-state index contributed by atoms with van der Waals surface area (Å²) < 4.78 is 0. The number of hydrogen-bond acceptors (Lipinski definition) is 1. The van der Waals surface area contributed by atoms with E-state index in [4.69, 9.17) is 0 Å². The van der Waals surface area contributed by atoms with Crippen molar-refractivity contribution in [2.45, 2.75) is 44.4 Å². The molecule has 1 saturated carbocycles. The normalized spacial score (nSPS) is 19.4. The molecular weight excluding hydrogens is 352 g/mol. The highest BCUT2D eigenvalue weighted by molar-refractivity contribution is 5.85. The predicted molar refractivity (Wildman–Crippen MR) is 121 cm³/mol. The molecule has 1 aliphatic carbocycles. The summed E-state index contributed by atoms with van der Waals surface area (Å²) in [7, 11) is 0. The molecule has 146 valence electrons. The monoisotopic (exact) mass is 380 g/mol. The van der Waals surface area contributed by atoms with E-state index in [1.165, 1.54) is 71.8 Å². The lowest BCUT2D eigenvalue weighted by Gasteiger charge is -2.29. The number of nitrogens with zero attached hydrogens (tertiary/aromatic N) is 1. The van der Waals surface area contributed by atoms with E-state index in [0.717, 1.165) is 5.92 Å². The van der Waals surface area contributed by atoms with E-state index in [-0.39, 0.29) is 0 Å². The van der Waals surface area contributed by atoms with Crippen LogP contribution in [-0.2, 0) is 6.42 Å². The molecule has 2 aromatic heterocycles. The molecule has 2 nitrogen and oxygen atoms in total. The lowest BCUT2D eigenvalue weighted by Crippen LogP contribution is -2.14. The zero-order valence-corrected chi connectivity index (χ0v) is 16.9. The van der Waals surface area contributed by atoms with Crippen LogP contribution in [0.15, 0.2) is 79.1 Å². The van der Waals surface area contributed by atoms with Gasteiger partial charge in [0.15, 0.2) is 0 Å². The Bertz CT molecular complexity index is 1040. The van der Waals surface area contributed by atoms with Crippen molar-refractivity contribution >= 4 is 10.9 Å². The first-order valence-corrected chi connectivity index (χ1v) is 10.9. The smallest absolute Gasteiger partial charge is 0.0464 e. The molecule has 29 heavy (non-hydrogen) atoms. The number of aromatic nitrogens is 2. The quantitative estimate of drug-likeness (QED) is 0.392. The van der Waals surface area contributed by atoms with E-state index in [2.05, 4.69) is 76.7 Å². The minimum absolute atomic E-state index is 0.705. The minimum atomic E-state index is 0.705. The third-order valence-electron chi connectivity index (χ3n) is 6.64. The molecular formula is C27H28N2. The number of aromatic amines is 1. The summed E-state index contributed by atoms with van der Waals surface area (Å²) in [4.78, 5) is 7.70. The molecule has 0 amide bonds. The van der Waals surface area contributed by atoms with Crippen LogP contribution in [0.4, 0.5) is 0 Å². The molecule has 2 heterocycles. The SMILES string of the molecule is c1cc(-c2cc3ccccc3[nH]2)cc(C2CCC(CCc3ccncc3)CC2)c1. The van der Waals surface area contributed by atoms with Crippen LogP contribution >= 0.6 is 0 Å². The number of pyridine rings is 1. The third kappa shape index (κ3) is 4.12. The molecule has 2 aromatic carbocycles. The van der Waals surface area contributed by atoms with Gasteiger partial charge in [-0.1, -0.05) is 36.4 Å². The van der Waals surface area contributed by atoms with Crippen molar-refractivity contribution in [2.24, 2.45) is 5.92 Å². The van der Waals surface area contributed by atoms with E-state index in [1.54, 1.807) is 0 Å². The fourth-order valence-corrected chi connectivity index (χ4v) is 4.89. The topological polar surface area (TPSA) is 28.7 Å². The summed E-state index contributed by atoms with van der Waals surface area (Å²) >= 11 is 0. The molecule has 0 unspecified atom stereocenters. The number of aryl methyl sites for hydroxylation is 1. The van der Waals surface area contributed by atoms with Gasteiger partial charge in [0.25, 0.3) is 0 Å². The molecule has 4 aromatic rings. The fourth-order valence-electron chi connectivity index (χ4n) is 4.89. The highest BCUT2D eigenvalue weighted by Gasteiger charge is 2.22. The molecule has 0 aliphatic heterocycles. The number of H-pyrrole nitrogens is 1. The Morgan fingerprint density at radius 3 is 2.48 bits per heavy atom. The zero-order chi connectivity index (χ0) is 19.5. The van der Waals surface area contributed by atoms with Gasteiger partial charge >= 0.3 is 0 Å². The Morgan fingerprint density at radius 2 is 1.66 bits per heavy atom. The van der Waals surface area contributed by atoms with Gasteiger partial charge in [-0.2, -0.15) is 0 Å². The summed E-state index contributed by atoms with van der Waals surface area (Å²) in [6, 6.07) is 24.3. The summed E-state index contributed by atoms with van der Waals surface area (Å²) in [6.07, 6.45) is 11.7. The van der Waals surface area contributed by atoms with Crippen LogP contribution in [0.3, 0.4) is 0 Å². The van der Waals surface area contributed by atoms with Crippen LogP contribution in [0.5, 0.6) is 0 Å². The molecule has 1 N–H and O–H groups in total. The maximum absolute atomic E-state index is 4.12. The summed E-state index contributed by atoms with van der Waals surface area (Å²) in [5, 5.41) is 1.28. The Morgan fingerprint density at radius 1 is 0.828 bits per heavy atom. The van der Waals surface area contributed by atoms with Gasteiger partial charge in [0.1, 0.15) is 0 Å². The first kappa shape index (κ1) is 18.2. The lowest BCUT2D eigenvalue weighted by molar-refractivity contribution is 0.310. The first-order valence-electron chi connectivity index (χ1n) is 10.9. The second-order valence-corrected chi connectivity index (χ2v) is 8.51. The largest absolute Gasteiger partial charge is 0.355 e. The van der Waals surface area contributed by atoms with Gasteiger partial charge in [-0.25, -0.2) is 0 Å². The zero-order valence-electron chi connectivity index (χ0n) is 16.9. The fraction of sp³-hybridized carbons (Fsp3) is 0.296. The number of para-hydroxylation sites is 1. The van der Waals surface area contributed by atoms with E-state index in [9.17, 15) is 0 Å². The van der Waals surface area contributed by atoms with Crippen molar-refractivity contribution in [3.8, 4) is 11.3 Å². The number of fused-ring (bicyclic) bond motifs is 1. The first-order chi connectivity index (χ1) is 14.3. The van der Waals surface area contributed by atoms with Crippen molar-refractivity contribution in [3.05, 3.63) is 90.3 Å². The van der Waals surface area contributed by atoms with Gasteiger partial charge in [-0.3, -0.25) is 4.98 Å². The molecule has 1 aliphatic rings. The Kier molecular flexibility index (Phi) is 5.17. The molecule has 2 heteroatoms. The molecule has 0 spiro atoms. The van der Waals surface area contributed by atoms with Crippen molar-refractivity contribution in [3.63, 3.8) is 0 Å². The van der Waals surface area contributed by atoms with Gasteiger partial charge in [-0.15, -0.1) is 0 Å². The van der Waals surface area contributed by atoms with Crippen LogP contribution < -0.4 is 0 Å².